The standard InChI is InChI=1S/C8H3ClF6O2S/c9-18(16,17)7(8(13,14)15)3-1-4(10)6(12)5(11)2-3/h1-2,7H. The number of rotatable bonds is 2. The fraction of sp³-hybridized carbons (Fsp3) is 0.250. The summed E-state index contributed by atoms with van der Waals surface area (Å²) < 4.78 is 97.0. The highest BCUT2D eigenvalue weighted by atomic mass is 35.7. The molecule has 0 N–H and O–H groups in total. The minimum atomic E-state index is -5.39. The number of hydrogen-bond donors (Lipinski definition) is 0. The summed E-state index contributed by atoms with van der Waals surface area (Å²) in [4.78, 5) is 0. The Morgan fingerprint density at radius 1 is 1.06 bits per heavy atom. The Hall–Kier alpha value is -0.960. The van der Waals surface area contributed by atoms with Gasteiger partial charge in [-0.2, -0.15) is 13.2 Å². The number of benzene rings is 1. The van der Waals surface area contributed by atoms with Gasteiger partial charge < -0.3 is 0 Å². The van der Waals surface area contributed by atoms with Gasteiger partial charge in [-0.05, 0) is 17.7 Å². The lowest BCUT2D eigenvalue weighted by atomic mass is 10.1. The fourth-order valence-corrected chi connectivity index (χ4v) is 2.63. The Balaban J connectivity index is 3.51. The second kappa shape index (κ2) is 4.61. The molecule has 102 valence electrons. The van der Waals surface area contributed by atoms with Crippen LogP contribution in [-0.2, 0) is 9.05 Å². The monoisotopic (exact) mass is 312 g/mol. The third-order valence-electron chi connectivity index (χ3n) is 1.89. The molecule has 1 atom stereocenters. The first kappa shape index (κ1) is 15.1. The van der Waals surface area contributed by atoms with Crippen LogP contribution in [0, 0.1) is 17.5 Å². The third-order valence-corrected chi connectivity index (χ3v) is 3.52. The Morgan fingerprint density at radius 3 is 1.72 bits per heavy atom. The van der Waals surface area contributed by atoms with Crippen LogP contribution < -0.4 is 0 Å². The molecule has 0 saturated carbocycles. The Morgan fingerprint density at radius 2 is 1.44 bits per heavy atom. The van der Waals surface area contributed by atoms with Gasteiger partial charge in [0, 0.05) is 10.7 Å². The molecule has 0 aliphatic heterocycles. The molecule has 1 rings (SSSR count). The van der Waals surface area contributed by atoms with Crippen LogP contribution in [0.3, 0.4) is 0 Å². The van der Waals surface area contributed by atoms with E-state index >= 15 is 0 Å². The Bertz CT molecular complexity index is 544. The Kier molecular flexibility index (Phi) is 3.87. The highest BCUT2D eigenvalue weighted by Crippen LogP contribution is 2.41. The summed E-state index contributed by atoms with van der Waals surface area (Å²) in [6, 6.07) is -0.146. The van der Waals surface area contributed by atoms with Gasteiger partial charge in [-0.15, -0.1) is 0 Å². The molecule has 1 aromatic rings. The lowest BCUT2D eigenvalue weighted by molar-refractivity contribution is -0.131. The fourth-order valence-electron chi connectivity index (χ4n) is 1.24. The van der Waals surface area contributed by atoms with Gasteiger partial charge in [-0.3, -0.25) is 0 Å². The second-order valence-electron chi connectivity index (χ2n) is 3.20. The van der Waals surface area contributed by atoms with E-state index in [1.165, 1.54) is 0 Å². The molecule has 18 heavy (non-hydrogen) atoms. The smallest absolute Gasteiger partial charge is 0.211 e. The zero-order valence-corrected chi connectivity index (χ0v) is 9.67. The van der Waals surface area contributed by atoms with Crippen molar-refractivity contribution in [2.24, 2.45) is 0 Å². The predicted octanol–water partition coefficient (Wildman–Crippen LogP) is 3.28. The van der Waals surface area contributed by atoms with Crippen molar-refractivity contribution in [3.63, 3.8) is 0 Å². The minimum Gasteiger partial charge on any atom is -0.211 e. The first-order chi connectivity index (χ1) is 7.94. The Labute approximate surface area is 102 Å². The quantitative estimate of drug-likeness (QED) is 0.477. The highest BCUT2D eigenvalue weighted by Gasteiger charge is 2.49. The molecule has 0 saturated heterocycles. The van der Waals surface area contributed by atoms with E-state index in [1.807, 2.05) is 0 Å². The molecule has 0 heterocycles. The van der Waals surface area contributed by atoms with Crippen LogP contribution in [0.15, 0.2) is 12.1 Å². The molecule has 2 nitrogen and oxygen atoms in total. The zero-order chi connectivity index (χ0) is 14.3. The average Bonchev–Trinajstić information content (AvgIpc) is 2.08. The van der Waals surface area contributed by atoms with Gasteiger partial charge in [0.15, 0.2) is 22.7 Å². The van der Waals surface area contributed by atoms with E-state index in [2.05, 4.69) is 10.7 Å². The van der Waals surface area contributed by atoms with Crippen LogP contribution in [0.25, 0.3) is 0 Å². The number of hydrogen-bond acceptors (Lipinski definition) is 2. The summed E-state index contributed by atoms with van der Waals surface area (Å²) in [5.41, 5.74) is -1.34. The molecule has 0 radical (unpaired) electrons. The molecule has 0 fully saturated rings. The summed E-state index contributed by atoms with van der Waals surface area (Å²) in [6.07, 6.45) is -5.39. The van der Waals surface area contributed by atoms with Crippen LogP contribution in [0.2, 0.25) is 0 Å². The van der Waals surface area contributed by atoms with E-state index in [0.717, 1.165) is 0 Å². The summed E-state index contributed by atoms with van der Waals surface area (Å²) in [7, 11) is -0.654. The molecular weight excluding hydrogens is 310 g/mol. The van der Waals surface area contributed by atoms with E-state index < -0.39 is 43.5 Å². The average molecular weight is 313 g/mol. The lowest BCUT2D eigenvalue weighted by Crippen LogP contribution is -2.26. The summed E-state index contributed by atoms with van der Waals surface area (Å²) in [5, 5.41) is -3.34. The lowest BCUT2D eigenvalue weighted by Gasteiger charge is -2.17. The van der Waals surface area contributed by atoms with Crippen LogP contribution in [-0.4, -0.2) is 14.6 Å². The van der Waals surface area contributed by atoms with E-state index in [1.54, 1.807) is 0 Å². The molecule has 0 aliphatic carbocycles. The van der Waals surface area contributed by atoms with Crippen LogP contribution in [0.4, 0.5) is 26.3 Å². The molecule has 0 amide bonds. The first-order valence-corrected chi connectivity index (χ1v) is 6.46. The van der Waals surface area contributed by atoms with Crippen molar-refractivity contribution in [2.45, 2.75) is 11.4 Å². The van der Waals surface area contributed by atoms with Crippen molar-refractivity contribution in [1.82, 2.24) is 0 Å². The maximum Gasteiger partial charge on any atom is 0.410 e. The van der Waals surface area contributed by atoms with Gasteiger partial charge in [0.25, 0.3) is 0 Å². The van der Waals surface area contributed by atoms with Crippen molar-refractivity contribution in [3.05, 3.63) is 35.1 Å². The van der Waals surface area contributed by atoms with Crippen LogP contribution in [0.5, 0.6) is 0 Å². The zero-order valence-electron chi connectivity index (χ0n) is 8.10. The molecule has 0 aliphatic rings. The molecule has 1 aromatic carbocycles. The van der Waals surface area contributed by atoms with E-state index in [9.17, 15) is 34.8 Å². The second-order valence-corrected chi connectivity index (χ2v) is 5.91. The molecule has 0 bridgehead atoms. The largest absolute Gasteiger partial charge is 0.410 e. The first-order valence-electron chi connectivity index (χ1n) is 4.09. The van der Waals surface area contributed by atoms with Gasteiger partial charge in [-0.25, -0.2) is 21.6 Å². The summed E-state index contributed by atoms with van der Waals surface area (Å²) in [5.74, 6) is -5.90. The van der Waals surface area contributed by atoms with Crippen molar-refractivity contribution in [1.29, 1.82) is 0 Å². The van der Waals surface area contributed by atoms with Gasteiger partial charge in [0.1, 0.15) is 0 Å². The van der Waals surface area contributed by atoms with E-state index in [0.29, 0.717) is 0 Å². The summed E-state index contributed by atoms with van der Waals surface area (Å²) in [6.45, 7) is 0. The summed E-state index contributed by atoms with van der Waals surface area (Å²) >= 11 is 0. The normalized spacial score (nSPS) is 14.6. The number of alkyl halides is 3. The minimum absolute atomic E-state index is 0.0729. The predicted molar refractivity (Wildman–Crippen MR) is 49.9 cm³/mol. The molecule has 1 unspecified atom stereocenters. The van der Waals surface area contributed by atoms with Crippen LogP contribution >= 0.6 is 10.7 Å². The topological polar surface area (TPSA) is 34.1 Å². The van der Waals surface area contributed by atoms with E-state index in [-0.39, 0.29) is 12.1 Å². The molecular formula is C8H3ClF6O2S. The SMILES string of the molecule is O=S(=O)(Cl)C(c1cc(F)c(F)c(F)c1)C(F)(F)F. The maximum absolute atomic E-state index is 12.8. The highest BCUT2D eigenvalue weighted by molar-refractivity contribution is 8.14. The van der Waals surface area contributed by atoms with Gasteiger partial charge >= 0.3 is 6.18 Å². The van der Waals surface area contributed by atoms with Crippen molar-refractivity contribution >= 4 is 19.7 Å². The van der Waals surface area contributed by atoms with Gasteiger partial charge in [0.2, 0.25) is 9.05 Å². The molecule has 10 heteroatoms. The third kappa shape index (κ3) is 3.08. The van der Waals surface area contributed by atoms with E-state index in [4.69, 9.17) is 0 Å². The molecule has 0 aromatic heterocycles. The van der Waals surface area contributed by atoms with Crippen LogP contribution in [0.1, 0.15) is 10.8 Å². The van der Waals surface area contributed by atoms with Crippen molar-refractivity contribution in [3.8, 4) is 0 Å². The molecule has 0 spiro atoms. The van der Waals surface area contributed by atoms with Crippen molar-refractivity contribution in [2.75, 3.05) is 0 Å². The van der Waals surface area contributed by atoms with Gasteiger partial charge in [0.05, 0.1) is 0 Å². The maximum atomic E-state index is 12.8. The number of halogens is 7. The van der Waals surface area contributed by atoms with Gasteiger partial charge in [-0.1, -0.05) is 0 Å². The van der Waals surface area contributed by atoms with Crippen molar-refractivity contribution < 1.29 is 34.8 Å².